The van der Waals surface area contributed by atoms with Crippen molar-refractivity contribution in [2.45, 2.75) is 13.5 Å². The van der Waals surface area contributed by atoms with Gasteiger partial charge in [0.25, 0.3) is 5.91 Å². The number of hydrogen-bond donors (Lipinski definition) is 1. The molecule has 0 spiro atoms. The van der Waals surface area contributed by atoms with Crippen LogP contribution in [0.2, 0.25) is 0 Å². The van der Waals surface area contributed by atoms with E-state index in [2.05, 4.69) is 36.7 Å². The Morgan fingerprint density at radius 2 is 1.89 bits per heavy atom. The molecule has 140 valence electrons. The molecule has 1 N–H and O–H groups in total. The maximum Gasteiger partial charge on any atom is 0.272 e. The number of aromatic nitrogens is 4. The van der Waals surface area contributed by atoms with Crippen LogP contribution in [0.3, 0.4) is 0 Å². The molecule has 2 aromatic heterocycles. The van der Waals surface area contributed by atoms with Crippen LogP contribution in [0.5, 0.6) is 0 Å². The molecule has 0 saturated carbocycles. The van der Waals surface area contributed by atoms with E-state index in [4.69, 9.17) is 4.52 Å². The predicted octanol–water partition coefficient (Wildman–Crippen LogP) is 3.92. The molecule has 0 bridgehead atoms. The lowest BCUT2D eigenvalue weighted by Crippen LogP contribution is -2.26. The Bertz CT molecular complexity index is 1120. The average Bonchev–Trinajstić information content (AvgIpc) is 3.34. The Kier molecular flexibility index (Phi) is 5.03. The van der Waals surface area contributed by atoms with E-state index >= 15 is 0 Å². The summed E-state index contributed by atoms with van der Waals surface area (Å²) in [5.74, 6) is 0.397. The molecule has 0 fully saturated rings. The van der Waals surface area contributed by atoms with Gasteiger partial charge in [-0.3, -0.25) is 4.79 Å². The number of halogens is 1. The minimum Gasteiger partial charge on any atom is -0.356 e. The summed E-state index contributed by atoms with van der Waals surface area (Å²) in [5.41, 5.74) is 3.57. The van der Waals surface area contributed by atoms with E-state index < -0.39 is 0 Å². The number of benzene rings is 2. The highest BCUT2D eigenvalue weighted by Gasteiger charge is 2.18. The van der Waals surface area contributed by atoms with Gasteiger partial charge in [0.05, 0.1) is 18.4 Å². The maximum atomic E-state index is 12.7. The Labute approximate surface area is 169 Å². The lowest BCUT2D eigenvalue weighted by atomic mass is 10.1. The monoisotopic (exact) mass is 437 g/mol. The summed E-state index contributed by atoms with van der Waals surface area (Å²) in [4.78, 5) is 12.7. The first kappa shape index (κ1) is 18.1. The van der Waals surface area contributed by atoms with Gasteiger partial charge in [-0.15, -0.1) is 5.10 Å². The number of rotatable bonds is 5. The first-order valence-corrected chi connectivity index (χ1v) is 9.39. The summed E-state index contributed by atoms with van der Waals surface area (Å²) < 4.78 is 7.78. The van der Waals surface area contributed by atoms with Gasteiger partial charge in [-0.2, -0.15) is 0 Å². The molecule has 0 aliphatic rings. The number of para-hydroxylation sites is 1. The van der Waals surface area contributed by atoms with E-state index in [1.165, 1.54) is 10.9 Å². The van der Waals surface area contributed by atoms with Gasteiger partial charge in [-0.05, 0) is 35.0 Å². The van der Waals surface area contributed by atoms with Gasteiger partial charge in [0.1, 0.15) is 5.69 Å². The van der Waals surface area contributed by atoms with E-state index in [0.717, 1.165) is 21.3 Å². The van der Waals surface area contributed by atoms with E-state index in [1.54, 1.807) is 0 Å². The SMILES string of the molecule is Cc1c(CNC(=O)c2cnnn2-c2ccccc2Br)noc1-c1ccccc1. The largest absolute Gasteiger partial charge is 0.356 e. The number of nitrogens with zero attached hydrogens (tertiary/aromatic N) is 4. The normalized spacial score (nSPS) is 10.8. The number of nitrogens with one attached hydrogen (secondary N) is 1. The third kappa shape index (κ3) is 3.46. The van der Waals surface area contributed by atoms with Gasteiger partial charge in [0.2, 0.25) is 0 Å². The van der Waals surface area contributed by atoms with Crippen molar-refractivity contribution < 1.29 is 9.32 Å². The third-order valence-corrected chi connectivity index (χ3v) is 5.01. The molecule has 0 atom stereocenters. The summed E-state index contributed by atoms with van der Waals surface area (Å²) in [5, 5.41) is 14.9. The average molecular weight is 438 g/mol. The van der Waals surface area contributed by atoms with Gasteiger partial charge >= 0.3 is 0 Å². The van der Waals surface area contributed by atoms with E-state index in [0.29, 0.717) is 17.1 Å². The van der Waals surface area contributed by atoms with E-state index in [-0.39, 0.29) is 12.5 Å². The van der Waals surface area contributed by atoms with E-state index in [1.807, 2.05) is 61.5 Å². The van der Waals surface area contributed by atoms with Crippen molar-refractivity contribution in [2.24, 2.45) is 0 Å². The van der Waals surface area contributed by atoms with Gasteiger partial charge in [-0.1, -0.05) is 52.8 Å². The zero-order valence-corrected chi connectivity index (χ0v) is 16.5. The Morgan fingerprint density at radius 3 is 2.68 bits per heavy atom. The number of carbonyl (C=O) groups is 1. The predicted molar refractivity (Wildman–Crippen MR) is 107 cm³/mol. The topological polar surface area (TPSA) is 85.8 Å². The molecule has 4 aromatic rings. The molecule has 4 rings (SSSR count). The van der Waals surface area contributed by atoms with Gasteiger partial charge in [0.15, 0.2) is 11.5 Å². The molecule has 1 amide bonds. The molecule has 2 heterocycles. The molecule has 28 heavy (non-hydrogen) atoms. The van der Waals surface area contributed by atoms with Crippen LogP contribution in [0.1, 0.15) is 21.7 Å². The van der Waals surface area contributed by atoms with Gasteiger partial charge in [-0.25, -0.2) is 4.68 Å². The molecular weight excluding hydrogens is 422 g/mol. The Balaban J connectivity index is 1.52. The zero-order valence-electron chi connectivity index (χ0n) is 15.0. The van der Waals surface area contributed by atoms with Gasteiger partial charge < -0.3 is 9.84 Å². The maximum absolute atomic E-state index is 12.7. The van der Waals surface area contributed by atoms with Crippen LogP contribution in [0.15, 0.2) is 69.8 Å². The number of amides is 1. The molecule has 0 aliphatic heterocycles. The van der Waals surface area contributed by atoms with Crippen LogP contribution >= 0.6 is 15.9 Å². The lowest BCUT2D eigenvalue weighted by molar-refractivity contribution is 0.0942. The second-order valence-corrected chi connectivity index (χ2v) is 6.97. The Hall–Kier alpha value is -3.26. The van der Waals surface area contributed by atoms with E-state index in [9.17, 15) is 4.79 Å². The summed E-state index contributed by atoms with van der Waals surface area (Å²) >= 11 is 3.47. The molecule has 7 nitrogen and oxygen atoms in total. The van der Waals surface area contributed by atoms with Crippen molar-refractivity contribution in [3.63, 3.8) is 0 Å². The highest BCUT2D eigenvalue weighted by molar-refractivity contribution is 9.10. The smallest absolute Gasteiger partial charge is 0.272 e. The summed E-state index contributed by atoms with van der Waals surface area (Å²) in [7, 11) is 0. The molecule has 0 unspecified atom stereocenters. The van der Waals surface area contributed by atoms with Crippen molar-refractivity contribution in [3.8, 4) is 17.0 Å². The highest BCUT2D eigenvalue weighted by Crippen LogP contribution is 2.25. The number of carbonyl (C=O) groups excluding carboxylic acids is 1. The first-order valence-electron chi connectivity index (χ1n) is 8.59. The lowest BCUT2D eigenvalue weighted by Gasteiger charge is -2.08. The van der Waals surface area contributed by atoms with Crippen molar-refractivity contribution in [2.75, 3.05) is 0 Å². The van der Waals surface area contributed by atoms with Crippen molar-refractivity contribution in [1.29, 1.82) is 0 Å². The van der Waals surface area contributed by atoms with Crippen molar-refractivity contribution >= 4 is 21.8 Å². The summed E-state index contributed by atoms with van der Waals surface area (Å²) in [6, 6.07) is 17.2. The molecule has 0 radical (unpaired) electrons. The zero-order chi connectivity index (χ0) is 19.5. The van der Waals surface area contributed by atoms with Crippen LogP contribution in [-0.4, -0.2) is 26.1 Å². The standard InChI is InChI=1S/C20H16BrN5O2/c1-13-16(24-28-19(13)14-7-3-2-4-8-14)11-22-20(27)18-12-23-25-26(18)17-10-6-5-9-15(17)21/h2-10,12H,11H2,1H3,(H,22,27). The van der Waals surface area contributed by atoms with Crippen LogP contribution in [0.25, 0.3) is 17.0 Å². The molecule has 8 heteroatoms. The fourth-order valence-electron chi connectivity index (χ4n) is 2.84. The Morgan fingerprint density at radius 1 is 1.14 bits per heavy atom. The van der Waals surface area contributed by atoms with Crippen LogP contribution in [0.4, 0.5) is 0 Å². The second kappa shape index (κ2) is 7.77. The number of hydrogen-bond acceptors (Lipinski definition) is 5. The van der Waals surface area contributed by atoms with Crippen molar-refractivity contribution in [1.82, 2.24) is 25.5 Å². The van der Waals surface area contributed by atoms with Gasteiger partial charge in [0, 0.05) is 15.6 Å². The third-order valence-electron chi connectivity index (χ3n) is 4.34. The van der Waals surface area contributed by atoms with Crippen LogP contribution in [-0.2, 0) is 6.54 Å². The summed E-state index contributed by atoms with van der Waals surface area (Å²) in [6.45, 7) is 2.16. The fourth-order valence-corrected chi connectivity index (χ4v) is 3.29. The molecule has 0 aliphatic carbocycles. The van der Waals surface area contributed by atoms with Crippen molar-refractivity contribution in [3.05, 3.63) is 82.2 Å². The minimum atomic E-state index is -0.301. The fraction of sp³-hybridized carbons (Fsp3) is 0.100. The van der Waals surface area contributed by atoms with Crippen LogP contribution < -0.4 is 5.32 Å². The first-order chi connectivity index (χ1) is 13.6. The molecule has 2 aromatic carbocycles. The van der Waals surface area contributed by atoms with Crippen LogP contribution in [0, 0.1) is 6.92 Å². The second-order valence-electron chi connectivity index (χ2n) is 6.11. The summed E-state index contributed by atoms with van der Waals surface area (Å²) in [6.07, 6.45) is 1.43. The molecular formula is C20H16BrN5O2. The molecule has 0 saturated heterocycles. The minimum absolute atomic E-state index is 0.238. The highest BCUT2D eigenvalue weighted by atomic mass is 79.9. The quantitative estimate of drug-likeness (QED) is 0.511.